The average Bonchev–Trinajstić information content (AvgIpc) is 3.03. The first kappa shape index (κ1) is 13.2. The molecular weight excluding hydrogens is 380 g/mol. The Morgan fingerprint density at radius 2 is 2.35 bits per heavy atom. The molecule has 1 fully saturated rings. The third-order valence-electron chi connectivity index (χ3n) is 2.87. The Bertz CT molecular complexity index is 636. The first-order valence-electron chi connectivity index (χ1n) is 5.77. The lowest BCUT2D eigenvalue weighted by Gasteiger charge is -2.13. The molecule has 0 N–H and O–H groups in total. The van der Waals surface area contributed by atoms with Gasteiger partial charge in [0, 0.05) is 3.57 Å². The number of rotatable bonds is 3. The summed E-state index contributed by atoms with van der Waals surface area (Å²) in [6, 6.07) is 4.63. The number of anilines is 1. The Hall–Kier alpha value is -1.78. The molecule has 20 heavy (non-hydrogen) atoms. The van der Waals surface area contributed by atoms with E-state index in [0.29, 0.717) is 22.3 Å². The van der Waals surface area contributed by atoms with E-state index < -0.39 is 6.09 Å². The first-order chi connectivity index (χ1) is 9.63. The molecule has 1 atom stereocenters. The van der Waals surface area contributed by atoms with Gasteiger partial charge >= 0.3 is 6.09 Å². The highest BCUT2D eigenvalue weighted by molar-refractivity contribution is 14.1. The molecule has 9 heteroatoms. The van der Waals surface area contributed by atoms with Crippen molar-refractivity contribution in [1.29, 1.82) is 0 Å². The number of tetrazole rings is 1. The lowest BCUT2D eigenvalue weighted by molar-refractivity contribution is 0.129. The van der Waals surface area contributed by atoms with Gasteiger partial charge in [-0.2, -0.15) is 0 Å². The molecule has 3 rings (SSSR count). The van der Waals surface area contributed by atoms with E-state index in [2.05, 4.69) is 15.5 Å². The maximum absolute atomic E-state index is 13.5. The fraction of sp³-hybridized carbons (Fsp3) is 0.273. The summed E-state index contributed by atoms with van der Waals surface area (Å²) in [5.74, 6) is -0.361. The maximum Gasteiger partial charge on any atom is 0.414 e. The van der Waals surface area contributed by atoms with E-state index in [4.69, 9.17) is 4.74 Å². The fourth-order valence-corrected chi connectivity index (χ4v) is 2.29. The molecule has 1 amide bonds. The molecule has 0 aliphatic carbocycles. The molecule has 0 bridgehead atoms. The Morgan fingerprint density at radius 1 is 1.50 bits per heavy atom. The third-order valence-corrected chi connectivity index (χ3v) is 3.75. The fourth-order valence-electron chi connectivity index (χ4n) is 1.95. The van der Waals surface area contributed by atoms with Crippen LogP contribution in [0.1, 0.15) is 0 Å². The third kappa shape index (κ3) is 2.57. The molecule has 0 saturated carbocycles. The summed E-state index contributed by atoms with van der Waals surface area (Å²) in [6.07, 6.45) is 0.582. The highest BCUT2D eigenvalue weighted by atomic mass is 127. The van der Waals surface area contributed by atoms with E-state index in [1.807, 2.05) is 22.6 Å². The first-order valence-corrected chi connectivity index (χ1v) is 6.85. The van der Waals surface area contributed by atoms with Gasteiger partial charge in [0.05, 0.1) is 18.8 Å². The normalized spacial score (nSPS) is 18.4. The summed E-state index contributed by atoms with van der Waals surface area (Å²) in [5, 5.41) is 10.7. The van der Waals surface area contributed by atoms with Crippen LogP contribution in [0.3, 0.4) is 0 Å². The van der Waals surface area contributed by atoms with Crippen molar-refractivity contribution in [2.45, 2.75) is 12.6 Å². The number of benzene rings is 1. The monoisotopic (exact) mass is 389 g/mol. The van der Waals surface area contributed by atoms with Crippen LogP contribution in [0.15, 0.2) is 24.5 Å². The van der Waals surface area contributed by atoms with Gasteiger partial charge in [0.1, 0.15) is 18.2 Å². The quantitative estimate of drug-likeness (QED) is 0.744. The lowest BCUT2D eigenvalue weighted by Crippen LogP contribution is -2.26. The number of nitrogens with zero attached hydrogens (tertiary/aromatic N) is 5. The number of hydrogen-bond donors (Lipinski definition) is 0. The SMILES string of the molecule is O=C1O[C@@H](Cn2cnnn2)CN1c1ccc(I)c(F)c1. The summed E-state index contributed by atoms with van der Waals surface area (Å²) in [7, 11) is 0. The Labute approximate surface area is 126 Å². The van der Waals surface area contributed by atoms with Crippen LogP contribution < -0.4 is 4.90 Å². The zero-order chi connectivity index (χ0) is 14.1. The molecule has 0 unspecified atom stereocenters. The van der Waals surface area contributed by atoms with E-state index in [-0.39, 0.29) is 11.9 Å². The predicted octanol–water partition coefficient (Wildman–Crippen LogP) is 1.44. The second kappa shape index (κ2) is 5.31. The lowest BCUT2D eigenvalue weighted by atomic mass is 10.2. The van der Waals surface area contributed by atoms with E-state index in [1.54, 1.807) is 12.1 Å². The van der Waals surface area contributed by atoms with Crippen LogP contribution in [-0.4, -0.2) is 38.9 Å². The maximum atomic E-state index is 13.5. The molecule has 0 radical (unpaired) electrons. The highest BCUT2D eigenvalue weighted by Crippen LogP contribution is 2.24. The predicted molar refractivity (Wildman–Crippen MR) is 74.5 cm³/mol. The summed E-state index contributed by atoms with van der Waals surface area (Å²) >= 11 is 1.89. The van der Waals surface area contributed by atoms with Crippen LogP contribution in [0.2, 0.25) is 0 Å². The van der Waals surface area contributed by atoms with Gasteiger partial charge in [-0.25, -0.2) is 13.9 Å². The van der Waals surface area contributed by atoms with Gasteiger partial charge in [0.15, 0.2) is 0 Å². The number of carbonyl (C=O) groups excluding carboxylic acids is 1. The Morgan fingerprint density at radius 3 is 3.05 bits per heavy atom. The van der Waals surface area contributed by atoms with Gasteiger partial charge in [-0.1, -0.05) is 0 Å². The van der Waals surface area contributed by atoms with Crippen LogP contribution in [0.4, 0.5) is 14.9 Å². The van der Waals surface area contributed by atoms with E-state index in [0.717, 1.165) is 0 Å². The van der Waals surface area contributed by atoms with Crippen LogP contribution >= 0.6 is 22.6 Å². The van der Waals surface area contributed by atoms with Crippen molar-refractivity contribution in [2.24, 2.45) is 0 Å². The number of cyclic esters (lactones) is 1. The van der Waals surface area contributed by atoms with Crippen LogP contribution in [0.5, 0.6) is 0 Å². The molecular formula is C11H9FIN5O2. The molecule has 104 valence electrons. The molecule has 1 aromatic carbocycles. The van der Waals surface area contributed by atoms with Crippen LogP contribution in [-0.2, 0) is 11.3 Å². The topological polar surface area (TPSA) is 73.1 Å². The van der Waals surface area contributed by atoms with Crippen molar-refractivity contribution >= 4 is 34.4 Å². The van der Waals surface area contributed by atoms with Crippen LogP contribution in [0, 0.1) is 9.39 Å². The summed E-state index contributed by atoms with van der Waals surface area (Å²) in [6.45, 7) is 0.695. The van der Waals surface area contributed by atoms with Gasteiger partial charge in [0.25, 0.3) is 0 Å². The van der Waals surface area contributed by atoms with Gasteiger partial charge < -0.3 is 4.74 Å². The largest absolute Gasteiger partial charge is 0.442 e. The van der Waals surface area contributed by atoms with E-state index >= 15 is 0 Å². The smallest absolute Gasteiger partial charge is 0.414 e. The molecule has 0 spiro atoms. The van der Waals surface area contributed by atoms with E-state index in [9.17, 15) is 9.18 Å². The molecule has 1 aliphatic rings. The average molecular weight is 389 g/mol. The number of halogens is 2. The molecule has 2 heterocycles. The minimum absolute atomic E-state index is 0.332. The van der Waals surface area contributed by atoms with Crippen molar-refractivity contribution in [3.05, 3.63) is 33.9 Å². The van der Waals surface area contributed by atoms with Gasteiger partial charge in [-0.15, -0.1) is 5.10 Å². The second-order valence-electron chi connectivity index (χ2n) is 4.25. The van der Waals surface area contributed by atoms with Crippen molar-refractivity contribution in [2.75, 3.05) is 11.4 Å². The summed E-state index contributed by atoms with van der Waals surface area (Å²) < 4.78 is 20.7. The minimum Gasteiger partial charge on any atom is -0.442 e. The molecule has 7 nitrogen and oxygen atoms in total. The number of ether oxygens (including phenoxy) is 1. The molecule has 1 aliphatic heterocycles. The number of carbonyl (C=O) groups is 1. The van der Waals surface area contributed by atoms with E-state index in [1.165, 1.54) is 22.0 Å². The van der Waals surface area contributed by atoms with Gasteiger partial charge in [0.2, 0.25) is 0 Å². The molecule has 1 aromatic heterocycles. The zero-order valence-electron chi connectivity index (χ0n) is 10.1. The van der Waals surface area contributed by atoms with Crippen molar-refractivity contribution in [1.82, 2.24) is 20.2 Å². The Balaban J connectivity index is 1.75. The summed E-state index contributed by atoms with van der Waals surface area (Å²) in [4.78, 5) is 13.2. The van der Waals surface area contributed by atoms with Crippen molar-refractivity contribution in [3.63, 3.8) is 0 Å². The second-order valence-corrected chi connectivity index (χ2v) is 5.41. The molecule has 1 saturated heterocycles. The summed E-state index contributed by atoms with van der Waals surface area (Å²) in [5.41, 5.74) is 0.479. The van der Waals surface area contributed by atoms with Crippen molar-refractivity contribution in [3.8, 4) is 0 Å². The highest BCUT2D eigenvalue weighted by Gasteiger charge is 2.33. The Kier molecular flexibility index (Phi) is 3.51. The van der Waals surface area contributed by atoms with Gasteiger partial charge in [-0.3, -0.25) is 4.90 Å². The minimum atomic E-state index is -0.497. The zero-order valence-corrected chi connectivity index (χ0v) is 12.3. The number of hydrogen-bond acceptors (Lipinski definition) is 5. The number of amides is 1. The van der Waals surface area contributed by atoms with Crippen molar-refractivity contribution < 1.29 is 13.9 Å². The number of aromatic nitrogens is 4. The van der Waals surface area contributed by atoms with Crippen LogP contribution in [0.25, 0.3) is 0 Å². The standard InChI is InChI=1S/C11H9FIN5O2/c12-9-3-7(1-2-10(9)13)18-5-8(20-11(18)19)4-17-6-14-15-16-17/h1-3,6,8H,4-5H2/t8-/m0/s1. The van der Waals surface area contributed by atoms with Gasteiger partial charge in [-0.05, 0) is 51.2 Å². The molecule has 2 aromatic rings.